The monoisotopic (exact) mass is 535 g/mol. The Morgan fingerprint density at radius 2 is 1.56 bits per heavy atom. The first-order chi connectivity index (χ1) is 18.7. The number of hydrogen-bond donors (Lipinski definition) is 2. The molecule has 0 spiro atoms. The average molecular weight is 536 g/mol. The number of carboxylic acids is 1. The maximum Gasteiger partial charge on any atom is 0.303 e. The van der Waals surface area contributed by atoms with E-state index >= 15 is 0 Å². The van der Waals surface area contributed by atoms with Gasteiger partial charge in [-0.1, -0.05) is 44.2 Å². The van der Waals surface area contributed by atoms with Crippen LogP contribution in [0, 0.1) is 5.92 Å². The first-order valence-electron chi connectivity index (χ1n) is 12.9. The van der Waals surface area contributed by atoms with E-state index in [-0.39, 0.29) is 37.3 Å². The van der Waals surface area contributed by atoms with E-state index in [9.17, 15) is 14.7 Å². The molecule has 39 heavy (non-hydrogen) atoms. The number of amides is 1. The molecular formula is C31H37NO7. The minimum atomic E-state index is -0.923. The molecule has 0 aromatic heterocycles. The zero-order valence-electron chi connectivity index (χ0n) is 23.2. The zero-order valence-corrected chi connectivity index (χ0v) is 23.2. The molecule has 8 heteroatoms. The largest absolute Gasteiger partial charge is 0.493 e. The summed E-state index contributed by atoms with van der Waals surface area (Å²) in [6, 6.07) is 18.2. The molecule has 3 rings (SSSR count). The number of carbonyl (C=O) groups is 2. The van der Waals surface area contributed by atoms with E-state index in [0.717, 1.165) is 16.9 Å². The van der Waals surface area contributed by atoms with E-state index < -0.39 is 5.97 Å². The summed E-state index contributed by atoms with van der Waals surface area (Å²) in [5.41, 5.74) is 2.69. The van der Waals surface area contributed by atoms with Crippen molar-refractivity contribution in [1.82, 2.24) is 5.32 Å². The third-order valence-corrected chi connectivity index (χ3v) is 6.28. The summed E-state index contributed by atoms with van der Waals surface area (Å²) in [6.07, 6.45) is 0.811. The Morgan fingerprint density at radius 3 is 2.13 bits per heavy atom. The van der Waals surface area contributed by atoms with Crippen LogP contribution in [0.15, 0.2) is 60.7 Å². The lowest BCUT2D eigenvalue weighted by Gasteiger charge is -2.24. The van der Waals surface area contributed by atoms with Gasteiger partial charge in [-0.15, -0.1) is 0 Å². The zero-order chi connectivity index (χ0) is 28.4. The average Bonchev–Trinajstić information content (AvgIpc) is 2.94. The maximum atomic E-state index is 13.7. The number of aliphatic carboxylic acids is 1. The van der Waals surface area contributed by atoms with Crippen molar-refractivity contribution in [3.63, 3.8) is 0 Å². The van der Waals surface area contributed by atoms with Gasteiger partial charge >= 0.3 is 5.97 Å². The summed E-state index contributed by atoms with van der Waals surface area (Å²) in [5.74, 6) is 1.24. The second-order valence-corrected chi connectivity index (χ2v) is 9.60. The fourth-order valence-corrected chi connectivity index (χ4v) is 4.36. The van der Waals surface area contributed by atoms with Gasteiger partial charge in [0.1, 0.15) is 12.4 Å². The fourth-order valence-electron chi connectivity index (χ4n) is 4.36. The van der Waals surface area contributed by atoms with Crippen molar-refractivity contribution in [3.8, 4) is 23.0 Å². The quantitative estimate of drug-likeness (QED) is 0.268. The first-order valence-corrected chi connectivity index (χ1v) is 12.9. The van der Waals surface area contributed by atoms with Gasteiger partial charge in [0.15, 0.2) is 11.5 Å². The molecule has 0 saturated heterocycles. The van der Waals surface area contributed by atoms with Gasteiger partial charge in [0.2, 0.25) is 5.75 Å². The fraction of sp³-hybridized carbons (Fsp3) is 0.355. The van der Waals surface area contributed by atoms with Crippen molar-refractivity contribution >= 4 is 11.9 Å². The molecule has 3 aromatic rings. The third-order valence-electron chi connectivity index (χ3n) is 6.28. The van der Waals surface area contributed by atoms with Gasteiger partial charge in [0, 0.05) is 12.0 Å². The van der Waals surface area contributed by atoms with Crippen LogP contribution >= 0.6 is 0 Å². The second kappa shape index (κ2) is 14.1. The molecule has 0 aliphatic rings. The van der Waals surface area contributed by atoms with Crippen LogP contribution in [0.1, 0.15) is 59.8 Å². The van der Waals surface area contributed by atoms with Gasteiger partial charge in [-0.25, -0.2) is 0 Å². The highest BCUT2D eigenvalue weighted by atomic mass is 16.5. The van der Waals surface area contributed by atoms with E-state index in [0.29, 0.717) is 34.8 Å². The molecular weight excluding hydrogens is 498 g/mol. The van der Waals surface area contributed by atoms with E-state index in [1.165, 1.54) is 0 Å². The number of carbonyl (C=O) groups excluding carboxylic acids is 1. The van der Waals surface area contributed by atoms with Crippen LogP contribution in [0.25, 0.3) is 0 Å². The molecule has 0 heterocycles. The topological polar surface area (TPSA) is 103 Å². The van der Waals surface area contributed by atoms with Gasteiger partial charge in [-0.2, -0.15) is 0 Å². The molecule has 0 radical (unpaired) electrons. The number of benzene rings is 3. The molecule has 8 nitrogen and oxygen atoms in total. The van der Waals surface area contributed by atoms with Gasteiger partial charge in [-0.05, 0) is 65.8 Å². The Morgan fingerprint density at radius 1 is 0.897 bits per heavy atom. The number of ether oxygens (including phenoxy) is 4. The number of nitrogens with one attached hydrogen (secondary N) is 1. The summed E-state index contributed by atoms with van der Waals surface area (Å²) in [5, 5.41) is 12.4. The maximum absolute atomic E-state index is 13.7. The minimum absolute atomic E-state index is 0.0809. The molecule has 1 unspecified atom stereocenters. The number of aryl methyl sites for hydroxylation is 1. The van der Waals surface area contributed by atoms with Crippen LogP contribution in [-0.2, 0) is 17.8 Å². The summed E-state index contributed by atoms with van der Waals surface area (Å²) < 4.78 is 22.4. The van der Waals surface area contributed by atoms with E-state index in [2.05, 4.69) is 19.2 Å². The lowest BCUT2D eigenvalue weighted by Crippen LogP contribution is -2.30. The predicted molar refractivity (Wildman–Crippen MR) is 149 cm³/mol. The Kier molecular flexibility index (Phi) is 10.6. The number of para-hydroxylation sites is 1. The van der Waals surface area contributed by atoms with Crippen molar-refractivity contribution < 1.29 is 33.6 Å². The van der Waals surface area contributed by atoms with Gasteiger partial charge in [0.05, 0.1) is 27.4 Å². The Bertz CT molecular complexity index is 1230. The smallest absolute Gasteiger partial charge is 0.303 e. The minimum Gasteiger partial charge on any atom is -0.493 e. The van der Waals surface area contributed by atoms with Crippen molar-refractivity contribution in [1.29, 1.82) is 0 Å². The molecule has 2 N–H and O–H groups in total. The predicted octanol–water partition coefficient (Wildman–Crippen LogP) is 5.83. The van der Waals surface area contributed by atoms with Crippen LogP contribution in [-0.4, -0.2) is 38.3 Å². The standard InChI is InChI=1S/C31H37NO7/c1-20(2)15-26(23-17-27(36-3)30(38-5)28(18-23)37-4)32-31(35)25-16-21(11-12-22(25)13-14-29(33)34)19-39-24-9-7-6-8-10-24/h6-12,16-18,20,26H,13-15,19H2,1-5H3,(H,32,35)(H,33,34). The first kappa shape index (κ1) is 29.4. The lowest BCUT2D eigenvalue weighted by atomic mass is 9.94. The SMILES string of the molecule is COc1cc(C(CC(C)C)NC(=O)c2cc(COc3ccccc3)ccc2CCC(=O)O)cc(OC)c1OC. The molecule has 1 amide bonds. The van der Waals surface area contributed by atoms with Gasteiger partial charge in [0.25, 0.3) is 5.91 Å². The molecule has 3 aromatic carbocycles. The summed E-state index contributed by atoms with van der Waals surface area (Å²) in [6.45, 7) is 4.43. The third kappa shape index (κ3) is 8.14. The highest BCUT2D eigenvalue weighted by Gasteiger charge is 2.23. The Labute approximate surface area is 229 Å². The number of methoxy groups -OCH3 is 3. The highest BCUT2D eigenvalue weighted by Crippen LogP contribution is 2.40. The van der Waals surface area contributed by atoms with E-state index in [1.807, 2.05) is 48.5 Å². The van der Waals surface area contributed by atoms with Crippen LogP contribution in [0.4, 0.5) is 0 Å². The summed E-state index contributed by atoms with van der Waals surface area (Å²) >= 11 is 0. The van der Waals surface area contributed by atoms with Crippen molar-refractivity contribution in [2.45, 2.75) is 45.8 Å². The van der Waals surface area contributed by atoms with Crippen LogP contribution < -0.4 is 24.3 Å². The summed E-state index contributed by atoms with van der Waals surface area (Å²) in [4.78, 5) is 25.0. The number of rotatable bonds is 14. The van der Waals surface area contributed by atoms with Crippen molar-refractivity contribution in [2.24, 2.45) is 5.92 Å². The molecule has 0 aliphatic heterocycles. The van der Waals surface area contributed by atoms with E-state index in [1.54, 1.807) is 33.5 Å². The normalized spacial score (nSPS) is 11.5. The lowest BCUT2D eigenvalue weighted by molar-refractivity contribution is -0.136. The Balaban J connectivity index is 1.94. The Hall–Kier alpha value is -4.20. The van der Waals surface area contributed by atoms with Crippen LogP contribution in [0.5, 0.6) is 23.0 Å². The van der Waals surface area contributed by atoms with Crippen LogP contribution in [0.2, 0.25) is 0 Å². The molecule has 0 aliphatic carbocycles. The molecule has 0 fully saturated rings. The van der Waals surface area contributed by atoms with Gasteiger partial charge < -0.3 is 29.4 Å². The number of carboxylic acid groups (broad SMARTS) is 1. The molecule has 208 valence electrons. The molecule has 0 saturated carbocycles. The second-order valence-electron chi connectivity index (χ2n) is 9.60. The van der Waals surface area contributed by atoms with Crippen molar-refractivity contribution in [3.05, 3.63) is 82.9 Å². The van der Waals surface area contributed by atoms with E-state index in [4.69, 9.17) is 18.9 Å². The summed E-state index contributed by atoms with van der Waals surface area (Å²) in [7, 11) is 4.64. The molecule has 1 atom stereocenters. The van der Waals surface area contributed by atoms with Crippen molar-refractivity contribution in [2.75, 3.05) is 21.3 Å². The number of hydrogen-bond acceptors (Lipinski definition) is 6. The van der Waals surface area contributed by atoms with Crippen LogP contribution in [0.3, 0.4) is 0 Å². The highest BCUT2D eigenvalue weighted by molar-refractivity contribution is 5.96. The van der Waals surface area contributed by atoms with Gasteiger partial charge in [-0.3, -0.25) is 9.59 Å². The molecule has 0 bridgehead atoms.